The van der Waals surface area contributed by atoms with Crippen LogP contribution in [0.15, 0.2) is 24.3 Å². The first kappa shape index (κ1) is 18.6. The summed E-state index contributed by atoms with van der Waals surface area (Å²) in [5.41, 5.74) is 0.471. The quantitative estimate of drug-likeness (QED) is 0.777. The molecule has 0 spiro atoms. The minimum atomic E-state index is -3.69. The number of carbonyl (C=O) groups is 1. The molecular weight excluding hydrogens is 330 g/mol. The lowest BCUT2D eigenvalue weighted by molar-refractivity contribution is 0.0289. The maximum absolute atomic E-state index is 12.2. The normalized spacial score (nSPS) is 18.5. The van der Waals surface area contributed by atoms with Crippen molar-refractivity contribution in [1.29, 1.82) is 0 Å². The van der Waals surface area contributed by atoms with Crippen molar-refractivity contribution in [1.82, 2.24) is 4.90 Å². The van der Waals surface area contributed by atoms with Gasteiger partial charge >= 0.3 is 16.2 Å². The second-order valence-electron chi connectivity index (χ2n) is 7.20. The Kier molecular flexibility index (Phi) is 5.42. The highest BCUT2D eigenvalue weighted by atomic mass is 32.2. The van der Waals surface area contributed by atoms with Gasteiger partial charge in [0.25, 0.3) is 0 Å². The number of likely N-dealkylation sites (tertiary alicyclic amines) is 1. The number of hydrogen-bond acceptors (Lipinski definition) is 5. The zero-order valence-corrected chi connectivity index (χ0v) is 15.4. The van der Waals surface area contributed by atoms with E-state index in [2.05, 4.69) is 0 Å². The first-order chi connectivity index (χ1) is 11.0. The number of amides is 1. The Morgan fingerprint density at radius 3 is 2.46 bits per heavy atom. The van der Waals surface area contributed by atoms with E-state index in [0.717, 1.165) is 5.56 Å². The number of rotatable bonds is 4. The van der Waals surface area contributed by atoms with Crippen molar-refractivity contribution in [3.05, 3.63) is 29.8 Å². The van der Waals surface area contributed by atoms with Gasteiger partial charge in [-0.3, -0.25) is 0 Å². The Hall–Kier alpha value is -1.76. The molecule has 0 bridgehead atoms. The predicted molar refractivity (Wildman–Crippen MR) is 91.5 cm³/mol. The fourth-order valence-corrected chi connectivity index (χ4v) is 3.85. The molecular formula is C17H25NO5S. The Morgan fingerprint density at radius 2 is 1.88 bits per heavy atom. The molecule has 1 aromatic carbocycles. The Balaban J connectivity index is 1.89. The highest BCUT2D eigenvalue weighted by molar-refractivity contribution is 7.87. The second kappa shape index (κ2) is 7.01. The molecule has 1 heterocycles. The number of ether oxygens (including phenoxy) is 1. The lowest BCUT2D eigenvalue weighted by Crippen LogP contribution is -2.35. The molecule has 1 amide bonds. The molecule has 0 aliphatic carbocycles. The summed E-state index contributed by atoms with van der Waals surface area (Å²) in [6, 6.07) is 6.86. The largest absolute Gasteiger partial charge is 0.444 e. The van der Waals surface area contributed by atoms with Crippen LogP contribution in [0.5, 0.6) is 5.75 Å². The van der Waals surface area contributed by atoms with Gasteiger partial charge in [-0.2, -0.15) is 8.42 Å². The summed E-state index contributed by atoms with van der Waals surface area (Å²) in [6.45, 7) is 8.20. The first-order valence-corrected chi connectivity index (χ1v) is 9.58. The lowest BCUT2D eigenvalue weighted by atomic mass is 10.2. The first-order valence-electron chi connectivity index (χ1n) is 8.01. The van der Waals surface area contributed by atoms with Gasteiger partial charge in [-0.25, -0.2) is 4.79 Å². The summed E-state index contributed by atoms with van der Waals surface area (Å²) in [5, 5.41) is 0. The van der Waals surface area contributed by atoms with Crippen molar-refractivity contribution in [2.24, 2.45) is 5.92 Å². The van der Waals surface area contributed by atoms with Crippen LogP contribution in [0.3, 0.4) is 0 Å². The lowest BCUT2D eigenvalue weighted by Gasteiger charge is -2.24. The van der Waals surface area contributed by atoms with Gasteiger partial charge in [-0.05, 0) is 52.2 Å². The Bertz CT molecular complexity index is 676. The number of nitrogens with zero attached hydrogens (tertiary/aromatic N) is 1. The van der Waals surface area contributed by atoms with Crippen molar-refractivity contribution >= 4 is 16.2 Å². The molecule has 6 nitrogen and oxygen atoms in total. The van der Waals surface area contributed by atoms with Crippen molar-refractivity contribution in [2.75, 3.05) is 18.8 Å². The third-order valence-electron chi connectivity index (χ3n) is 3.62. The van der Waals surface area contributed by atoms with Gasteiger partial charge in [0.1, 0.15) is 11.4 Å². The Morgan fingerprint density at radius 1 is 1.25 bits per heavy atom. The number of hydrogen-bond donors (Lipinski definition) is 0. The molecule has 0 N–H and O–H groups in total. The van der Waals surface area contributed by atoms with E-state index < -0.39 is 21.8 Å². The summed E-state index contributed by atoms with van der Waals surface area (Å²) in [7, 11) is -3.69. The van der Waals surface area contributed by atoms with Crippen LogP contribution in [0.1, 0.15) is 32.8 Å². The molecule has 1 aliphatic rings. The number of aryl methyl sites for hydroxylation is 1. The van der Waals surface area contributed by atoms with Crippen molar-refractivity contribution in [3.8, 4) is 5.75 Å². The van der Waals surface area contributed by atoms with Crippen LogP contribution in [0.25, 0.3) is 0 Å². The molecule has 0 saturated carbocycles. The SMILES string of the molecule is Cc1ccc(OS(=O)(=O)C[C@@H]2CCN(C(=O)OC(C)(C)C)C2)cc1. The van der Waals surface area contributed by atoms with Gasteiger partial charge in [0.2, 0.25) is 0 Å². The van der Waals surface area contributed by atoms with Gasteiger partial charge in [0.05, 0.1) is 5.75 Å². The maximum Gasteiger partial charge on any atom is 0.410 e. The van der Waals surface area contributed by atoms with Crippen molar-refractivity contribution in [3.63, 3.8) is 0 Å². The van der Waals surface area contributed by atoms with E-state index in [1.165, 1.54) is 0 Å². The molecule has 1 aliphatic heterocycles. The van der Waals surface area contributed by atoms with Gasteiger partial charge in [-0.15, -0.1) is 0 Å². The zero-order valence-electron chi connectivity index (χ0n) is 14.6. The van der Waals surface area contributed by atoms with Crippen LogP contribution < -0.4 is 4.18 Å². The van der Waals surface area contributed by atoms with Crippen molar-refractivity contribution in [2.45, 2.75) is 39.7 Å². The van der Waals surface area contributed by atoms with Crippen LogP contribution >= 0.6 is 0 Å². The molecule has 7 heteroatoms. The molecule has 0 radical (unpaired) electrons. The molecule has 1 saturated heterocycles. The van der Waals surface area contributed by atoms with E-state index in [1.54, 1.807) is 49.9 Å². The second-order valence-corrected chi connectivity index (χ2v) is 8.82. The molecule has 134 valence electrons. The molecule has 24 heavy (non-hydrogen) atoms. The van der Waals surface area contributed by atoms with E-state index in [4.69, 9.17) is 8.92 Å². The predicted octanol–water partition coefficient (Wildman–Crippen LogP) is 2.96. The fourth-order valence-electron chi connectivity index (χ4n) is 2.52. The third-order valence-corrected chi connectivity index (χ3v) is 4.95. The molecule has 1 atom stereocenters. The number of benzene rings is 1. The average molecular weight is 355 g/mol. The molecule has 0 aromatic heterocycles. The van der Waals surface area contributed by atoms with E-state index in [0.29, 0.717) is 25.3 Å². The zero-order chi connectivity index (χ0) is 18.0. The van der Waals surface area contributed by atoms with E-state index in [9.17, 15) is 13.2 Å². The minimum absolute atomic E-state index is 0.111. The minimum Gasteiger partial charge on any atom is -0.444 e. The van der Waals surface area contributed by atoms with Gasteiger partial charge in [0, 0.05) is 13.1 Å². The molecule has 1 fully saturated rings. The van der Waals surface area contributed by atoms with Crippen LogP contribution in [0.4, 0.5) is 4.79 Å². The topological polar surface area (TPSA) is 72.9 Å². The van der Waals surface area contributed by atoms with E-state index >= 15 is 0 Å². The Labute approximate surface area is 143 Å². The van der Waals surface area contributed by atoms with Crippen LogP contribution in [0, 0.1) is 12.8 Å². The van der Waals surface area contributed by atoms with E-state index in [1.807, 2.05) is 6.92 Å². The third kappa shape index (κ3) is 5.70. The monoisotopic (exact) mass is 355 g/mol. The number of carbonyl (C=O) groups excluding carboxylic acids is 1. The summed E-state index contributed by atoms with van der Waals surface area (Å²) in [5.74, 6) is 0.0516. The maximum atomic E-state index is 12.2. The summed E-state index contributed by atoms with van der Waals surface area (Å²) in [6.07, 6.45) is 0.220. The van der Waals surface area contributed by atoms with E-state index in [-0.39, 0.29) is 11.7 Å². The van der Waals surface area contributed by atoms with Crippen LogP contribution in [-0.2, 0) is 14.9 Å². The van der Waals surface area contributed by atoms with Gasteiger partial charge in [0.15, 0.2) is 0 Å². The van der Waals surface area contributed by atoms with Crippen LogP contribution in [0.2, 0.25) is 0 Å². The standard InChI is InChI=1S/C17H25NO5S/c1-13-5-7-15(8-6-13)23-24(20,21)12-14-9-10-18(11-14)16(19)22-17(2,3)4/h5-8,14H,9-12H2,1-4H3/t14-/m1/s1. The summed E-state index contributed by atoms with van der Waals surface area (Å²) >= 11 is 0. The van der Waals surface area contributed by atoms with Crippen molar-refractivity contribution < 1.29 is 22.1 Å². The van der Waals surface area contributed by atoms with Gasteiger partial charge < -0.3 is 13.8 Å². The molecule has 1 aromatic rings. The summed E-state index contributed by atoms with van der Waals surface area (Å²) in [4.78, 5) is 13.6. The van der Waals surface area contributed by atoms with Gasteiger partial charge in [-0.1, -0.05) is 17.7 Å². The average Bonchev–Trinajstić information content (AvgIpc) is 2.87. The smallest absolute Gasteiger partial charge is 0.410 e. The van der Waals surface area contributed by atoms with Crippen LogP contribution in [-0.4, -0.2) is 43.9 Å². The highest BCUT2D eigenvalue weighted by Gasteiger charge is 2.32. The molecule has 2 rings (SSSR count). The fraction of sp³-hybridized carbons (Fsp3) is 0.588. The summed E-state index contributed by atoms with van der Waals surface area (Å²) < 4.78 is 34.8. The highest BCUT2D eigenvalue weighted by Crippen LogP contribution is 2.22. The molecule has 0 unspecified atom stereocenters.